The number of hydrogen-bond donors (Lipinski definition) is 2. The van der Waals surface area contributed by atoms with Crippen molar-refractivity contribution >= 4 is 28.2 Å². The van der Waals surface area contributed by atoms with Crippen LogP contribution in [-0.2, 0) is 22.4 Å². The van der Waals surface area contributed by atoms with Crippen LogP contribution in [0.15, 0.2) is 0 Å². The van der Waals surface area contributed by atoms with Crippen LogP contribution in [0.5, 0.6) is 0 Å². The number of aryl methyl sites for hydroxylation is 1. The summed E-state index contributed by atoms with van der Waals surface area (Å²) in [6, 6.07) is 0. The van der Waals surface area contributed by atoms with E-state index in [1.165, 1.54) is 11.3 Å². The molecule has 1 aliphatic heterocycles. The van der Waals surface area contributed by atoms with Crippen molar-refractivity contribution in [1.29, 1.82) is 0 Å². The number of carbonyl (C=O) groups is 2. The monoisotopic (exact) mass is 309 g/mol. The zero-order valence-corrected chi connectivity index (χ0v) is 12.8. The Morgan fingerprint density at radius 2 is 2.05 bits per heavy atom. The predicted molar refractivity (Wildman–Crippen MR) is 80.1 cm³/mol. The highest BCUT2D eigenvalue weighted by Crippen LogP contribution is 2.39. The zero-order valence-electron chi connectivity index (χ0n) is 12.0. The third kappa shape index (κ3) is 2.58. The van der Waals surface area contributed by atoms with Crippen LogP contribution in [0.2, 0.25) is 0 Å². The number of hydrogen-bond acceptors (Lipinski definition) is 4. The molecule has 1 aromatic rings. The van der Waals surface area contributed by atoms with E-state index in [0.29, 0.717) is 18.0 Å². The van der Waals surface area contributed by atoms with Gasteiger partial charge in [0.25, 0.3) is 5.91 Å². The third-order valence-corrected chi connectivity index (χ3v) is 5.52. The van der Waals surface area contributed by atoms with Crippen molar-refractivity contribution in [2.24, 2.45) is 0 Å². The van der Waals surface area contributed by atoms with Crippen molar-refractivity contribution in [2.45, 2.75) is 51.0 Å². The molecule has 1 aromatic heterocycles. The third-order valence-electron chi connectivity index (χ3n) is 4.31. The smallest absolute Gasteiger partial charge is 0.339 e. The number of thiophene rings is 1. The number of ether oxygens (including phenoxy) is 1. The normalized spacial score (nSPS) is 24.6. The Hall–Kier alpha value is -1.40. The van der Waals surface area contributed by atoms with Crippen LogP contribution in [0.4, 0.5) is 5.00 Å². The molecule has 1 saturated heterocycles. The molecule has 0 aromatic carbocycles. The Kier molecular flexibility index (Phi) is 3.75. The van der Waals surface area contributed by atoms with Gasteiger partial charge in [-0.3, -0.25) is 4.79 Å². The van der Waals surface area contributed by atoms with Crippen LogP contribution in [0.25, 0.3) is 0 Å². The maximum atomic E-state index is 12.4. The van der Waals surface area contributed by atoms with Crippen molar-refractivity contribution in [3.63, 3.8) is 0 Å². The summed E-state index contributed by atoms with van der Waals surface area (Å²) >= 11 is 1.41. The largest absolute Gasteiger partial charge is 0.478 e. The first kappa shape index (κ1) is 14.5. The van der Waals surface area contributed by atoms with Gasteiger partial charge in [0, 0.05) is 11.5 Å². The second kappa shape index (κ2) is 5.42. The molecule has 114 valence electrons. The molecule has 0 radical (unpaired) electrons. The molecule has 1 unspecified atom stereocenters. The fourth-order valence-electron chi connectivity index (χ4n) is 3.07. The summed E-state index contributed by atoms with van der Waals surface area (Å²) in [5.41, 5.74) is 0.358. The molecule has 21 heavy (non-hydrogen) atoms. The molecule has 0 saturated carbocycles. The Bertz CT molecular complexity index is 587. The lowest BCUT2D eigenvalue weighted by Gasteiger charge is -2.21. The second-order valence-corrected chi connectivity index (χ2v) is 6.96. The summed E-state index contributed by atoms with van der Waals surface area (Å²) in [5.74, 6) is -1.19. The summed E-state index contributed by atoms with van der Waals surface area (Å²) in [6.45, 7) is 2.35. The van der Waals surface area contributed by atoms with Crippen molar-refractivity contribution in [3.8, 4) is 0 Å². The van der Waals surface area contributed by atoms with Crippen molar-refractivity contribution in [2.75, 3.05) is 11.9 Å². The molecular weight excluding hydrogens is 290 g/mol. The number of rotatable bonds is 3. The van der Waals surface area contributed by atoms with Gasteiger partial charge in [-0.15, -0.1) is 11.3 Å². The van der Waals surface area contributed by atoms with E-state index >= 15 is 0 Å². The van der Waals surface area contributed by atoms with Gasteiger partial charge < -0.3 is 15.2 Å². The number of anilines is 1. The average molecular weight is 309 g/mol. The molecule has 0 bridgehead atoms. The van der Waals surface area contributed by atoms with Crippen LogP contribution >= 0.6 is 11.3 Å². The predicted octanol–water partition coefficient (Wildman–Crippen LogP) is 2.83. The van der Waals surface area contributed by atoms with Gasteiger partial charge in [-0.1, -0.05) is 0 Å². The van der Waals surface area contributed by atoms with E-state index in [9.17, 15) is 14.7 Å². The van der Waals surface area contributed by atoms with Crippen LogP contribution < -0.4 is 5.32 Å². The molecule has 5 nitrogen and oxygen atoms in total. The lowest BCUT2D eigenvalue weighted by Crippen LogP contribution is -2.39. The van der Waals surface area contributed by atoms with E-state index in [4.69, 9.17) is 4.74 Å². The molecule has 1 aliphatic carbocycles. The van der Waals surface area contributed by atoms with E-state index in [2.05, 4.69) is 5.32 Å². The number of nitrogens with one attached hydrogen (secondary N) is 1. The van der Waals surface area contributed by atoms with E-state index in [1.54, 1.807) is 6.92 Å². The number of carbonyl (C=O) groups excluding carboxylic acids is 1. The van der Waals surface area contributed by atoms with E-state index in [1.807, 2.05) is 0 Å². The van der Waals surface area contributed by atoms with Gasteiger partial charge >= 0.3 is 5.97 Å². The summed E-state index contributed by atoms with van der Waals surface area (Å²) in [5, 5.41) is 12.8. The standard InChI is InChI=1S/C15H19NO4S/c1-15(7-4-8-20-15)14(19)16-12-11(13(17)18)9-5-2-3-6-10(9)21-12/h2-8H2,1H3,(H,16,19)(H,17,18). The van der Waals surface area contributed by atoms with E-state index in [-0.39, 0.29) is 11.5 Å². The van der Waals surface area contributed by atoms with E-state index in [0.717, 1.165) is 42.5 Å². The maximum absolute atomic E-state index is 12.4. The Morgan fingerprint density at radius 3 is 2.71 bits per heavy atom. The summed E-state index contributed by atoms with van der Waals surface area (Å²) in [6.07, 6.45) is 5.32. The number of fused-ring (bicyclic) bond motifs is 1. The van der Waals surface area contributed by atoms with Gasteiger partial charge in [0.1, 0.15) is 10.6 Å². The van der Waals surface area contributed by atoms with Crippen molar-refractivity contribution in [1.82, 2.24) is 0 Å². The summed E-state index contributed by atoms with van der Waals surface area (Å²) in [7, 11) is 0. The van der Waals surface area contributed by atoms with Gasteiger partial charge in [-0.2, -0.15) is 0 Å². The molecule has 2 heterocycles. The fourth-order valence-corrected chi connectivity index (χ4v) is 4.35. The molecule has 3 rings (SSSR count). The zero-order chi connectivity index (χ0) is 15.0. The molecule has 6 heteroatoms. The van der Waals surface area contributed by atoms with Crippen LogP contribution in [0, 0.1) is 0 Å². The molecular formula is C15H19NO4S. The Balaban J connectivity index is 1.90. The number of carboxylic acids is 1. The second-order valence-electron chi connectivity index (χ2n) is 5.86. The minimum absolute atomic E-state index is 0.235. The minimum atomic E-state index is -0.956. The van der Waals surface area contributed by atoms with Crippen molar-refractivity contribution in [3.05, 3.63) is 16.0 Å². The number of carboxylic acid groups (broad SMARTS) is 1. The number of aromatic carboxylic acids is 1. The Morgan fingerprint density at radius 1 is 1.29 bits per heavy atom. The van der Waals surface area contributed by atoms with Crippen LogP contribution in [0.3, 0.4) is 0 Å². The van der Waals surface area contributed by atoms with Gasteiger partial charge in [0.2, 0.25) is 0 Å². The lowest BCUT2D eigenvalue weighted by atomic mass is 9.95. The lowest BCUT2D eigenvalue weighted by molar-refractivity contribution is -0.133. The molecule has 2 N–H and O–H groups in total. The van der Waals surface area contributed by atoms with Crippen LogP contribution in [-0.4, -0.2) is 29.2 Å². The Labute approximate surface area is 127 Å². The average Bonchev–Trinajstić information content (AvgIpc) is 3.02. The van der Waals surface area contributed by atoms with Gasteiger partial charge in [-0.05, 0) is 51.0 Å². The van der Waals surface area contributed by atoms with Crippen LogP contribution in [0.1, 0.15) is 53.4 Å². The minimum Gasteiger partial charge on any atom is -0.478 e. The number of amides is 1. The first-order valence-electron chi connectivity index (χ1n) is 7.34. The molecule has 2 aliphatic rings. The van der Waals surface area contributed by atoms with E-state index < -0.39 is 11.6 Å². The van der Waals surface area contributed by atoms with Crippen molar-refractivity contribution < 1.29 is 19.4 Å². The van der Waals surface area contributed by atoms with Gasteiger partial charge in [-0.25, -0.2) is 4.79 Å². The molecule has 1 fully saturated rings. The summed E-state index contributed by atoms with van der Waals surface area (Å²) < 4.78 is 5.52. The topological polar surface area (TPSA) is 75.6 Å². The van der Waals surface area contributed by atoms with Gasteiger partial charge in [0.05, 0.1) is 5.56 Å². The molecule has 1 amide bonds. The highest BCUT2D eigenvalue weighted by Gasteiger charge is 2.39. The van der Waals surface area contributed by atoms with Gasteiger partial charge in [0.15, 0.2) is 0 Å². The highest BCUT2D eigenvalue weighted by atomic mass is 32.1. The fraction of sp³-hybridized carbons (Fsp3) is 0.600. The first-order valence-corrected chi connectivity index (χ1v) is 8.16. The molecule has 1 atom stereocenters. The first-order chi connectivity index (χ1) is 10.0. The maximum Gasteiger partial charge on any atom is 0.339 e. The molecule has 0 spiro atoms. The summed E-state index contributed by atoms with van der Waals surface area (Å²) in [4.78, 5) is 25.1. The SMILES string of the molecule is CC1(C(=O)Nc2sc3c(c2C(=O)O)CCCC3)CCCO1. The quantitative estimate of drug-likeness (QED) is 0.900. The highest BCUT2D eigenvalue weighted by molar-refractivity contribution is 7.17.